The third-order valence-corrected chi connectivity index (χ3v) is 4.47. The molecule has 168 valence electrons. The Hall–Kier alpha value is -2.02. The van der Waals surface area contributed by atoms with Gasteiger partial charge in [0.15, 0.2) is 0 Å². The van der Waals surface area contributed by atoms with E-state index >= 15 is 0 Å². The fourth-order valence-electron chi connectivity index (χ4n) is 2.45. The van der Waals surface area contributed by atoms with Crippen molar-refractivity contribution in [1.29, 1.82) is 0 Å². The van der Waals surface area contributed by atoms with E-state index in [1.807, 2.05) is 0 Å². The van der Waals surface area contributed by atoms with Crippen molar-refractivity contribution in [3.63, 3.8) is 0 Å². The molecule has 13 nitrogen and oxygen atoms in total. The standard InChI is InChI=1S/C14H19Cl2N4O9P/c15-2-5-18(6-3-16)13-11(8-10(19(22)23)9-12(13)20(24)25)14(21)17-4-1-7-29-30(26,27)28/h8-9H,1-7H2,(H,17,21)(H2,26,27,28). The molecule has 0 radical (unpaired) electrons. The molecule has 0 saturated heterocycles. The summed E-state index contributed by atoms with van der Waals surface area (Å²) >= 11 is 11.5. The first-order valence-corrected chi connectivity index (χ1v) is 10.9. The van der Waals surface area contributed by atoms with E-state index in [2.05, 4.69) is 9.84 Å². The van der Waals surface area contributed by atoms with Crippen LogP contribution < -0.4 is 10.2 Å². The van der Waals surface area contributed by atoms with Crippen LogP contribution in [0.5, 0.6) is 0 Å². The molecule has 1 amide bonds. The number of phosphoric ester groups is 1. The second-order valence-corrected chi connectivity index (χ2v) is 7.67. The number of benzene rings is 1. The Kier molecular flexibility index (Phi) is 10.4. The van der Waals surface area contributed by atoms with Gasteiger partial charge >= 0.3 is 7.82 Å². The largest absolute Gasteiger partial charge is 0.469 e. The maximum Gasteiger partial charge on any atom is 0.469 e. The van der Waals surface area contributed by atoms with E-state index < -0.39 is 35.0 Å². The van der Waals surface area contributed by atoms with Crippen LogP contribution in [0.3, 0.4) is 0 Å². The first-order valence-electron chi connectivity index (χ1n) is 8.33. The van der Waals surface area contributed by atoms with Crippen LogP contribution in [0.1, 0.15) is 16.8 Å². The van der Waals surface area contributed by atoms with Crippen molar-refractivity contribution in [3.8, 4) is 0 Å². The zero-order valence-corrected chi connectivity index (χ0v) is 17.8. The van der Waals surface area contributed by atoms with Gasteiger partial charge < -0.3 is 20.0 Å². The number of halogens is 2. The number of nitro benzene ring substituents is 2. The third-order valence-electron chi connectivity index (χ3n) is 3.62. The Balaban J connectivity index is 3.27. The Bertz CT molecular complexity index is 830. The predicted molar refractivity (Wildman–Crippen MR) is 108 cm³/mol. The van der Waals surface area contributed by atoms with Gasteiger partial charge in [-0.15, -0.1) is 23.2 Å². The van der Waals surface area contributed by atoms with E-state index in [0.717, 1.165) is 12.1 Å². The van der Waals surface area contributed by atoms with E-state index in [4.69, 9.17) is 33.0 Å². The molecule has 0 unspecified atom stereocenters. The number of hydrogen-bond donors (Lipinski definition) is 3. The summed E-state index contributed by atoms with van der Waals surface area (Å²) in [6.45, 7) is -0.302. The van der Waals surface area contributed by atoms with Gasteiger partial charge in [0.25, 0.3) is 17.3 Å². The molecule has 0 aliphatic heterocycles. The van der Waals surface area contributed by atoms with Crippen LogP contribution >= 0.6 is 31.0 Å². The number of non-ortho nitro benzene ring substituents is 1. The van der Waals surface area contributed by atoms with Crippen LogP contribution in [0.15, 0.2) is 12.1 Å². The highest BCUT2D eigenvalue weighted by atomic mass is 35.5. The molecule has 16 heteroatoms. The van der Waals surface area contributed by atoms with E-state index in [-0.39, 0.29) is 55.7 Å². The van der Waals surface area contributed by atoms with E-state index in [1.165, 1.54) is 4.90 Å². The van der Waals surface area contributed by atoms with Gasteiger partial charge in [0, 0.05) is 37.5 Å². The molecular formula is C14H19Cl2N4O9P. The summed E-state index contributed by atoms with van der Waals surface area (Å²) in [6.07, 6.45) is 0.0102. The monoisotopic (exact) mass is 488 g/mol. The Morgan fingerprint density at radius 3 is 2.23 bits per heavy atom. The molecule has 0 atom stereocenters. The molecule has 0 aliphatic carbocycles. The first-order chi connectivity index (χ1) is 14.0. The van der Waals surface area contributed by atoms with Crippen LogP contribution in [-0.4, -0.2) is 63.5 Å². The smallest absolute Gasteiger partial charge is 0.363 e. The van der Waals surface area contributed by atoms with E-state index in [9.17, 15) is 29.6 Å². The van der Waals surface area contributed by atoms with Gasteiger partial charge in [-0.05, 0) is 6.42 Å². The summed E-state index contributed by atoms with van der Waals surface area (Å²) in [5.74, 6) is -0.764. The number of anilines is 1. The van der Waals surface area contributed by atoms with Gasteiger partial charge in [0.05, 0.1) is 28.1 Å². The number of nitrogens with zero attached hydrogens (tertiary/aromatic N) is 3. The van der Waals surface area contributed by atoms with Crippen molar-refractivity contribution >= 4 is 54.0 Å². The molecule has 0 bridgehead atoms. The third kappa shape index (κ3) is 8.01. The molecule has 0 aromatic heterocycles. The molecule has 0 fully saturated rings. The van der Waals surface area contributed by atoms with Gasteiger partial charge in [0.2, 0.25) is 0 Å². The van der Waals surface area contributed by atoms with Crippen molar-refractivity contribution in [2.75, 3.05) is 42.9 Å². The maximum atomic E-state index is 12.6. The molecule has 0 aliphatic rings. The fourth-order valence-corrected chi connectivity index (χ4v) is 3.22. The molecular weight excluding hydrogens is 470 g/mol. The van der Waals surface area contributed by atoms with Gasteiger partial charge in [-0.1, -0.05) is 0 Å². The van der Waals surface area contributed by atoms with Crippen LogP contribution in [0, 0.1) is 20.2 Å². The average Bonchev–Trinajstić information content (AvgIpc) is 2.65. The SMILES string of the molecule is O=C(NCCCOP(=O)(O)O)c1cc([N+](=O)[O-])cc([N+](=O)[O-])c1N(CCCl)CCCl. The number of hydrogen-bond acceptors (Lipinski definition) is 8. The highest BCUT2D eigenvalue weighted by Crippen LogP contribution is 2.37. The lowest BCUT2D eigenvalue weighted by Crippen LogP contribution is -2.33. The van der Waals surface area contributed by atoms with Crippen LogP contribution in [0.25, 0.3) is 0 Å². The topological polar surface area (TPSA) is 185 Å². The molecule has 30 heavy (non-hydrogen) atoms. The zero-order chi connectivity index (χ0) is 22.9. The second kappa shape index (κ2) is 12.0. The van der Waals surface area contributed by atoms with Crippen molar-refractivity contribution in [3.05, 3.63) is 37.9 Å². The number of nitrogens with one attached hydrogen (secondary N) is 1. The number of phosphoric acid groups is 1. The number of rotatable bonds is 13. The number of amides is 1. The fraction of sp³-hybridized carbons (Fsp3) is 0.500. The molecule has 1 aromatic rings. The second-order valence-electron chi connectivity index (χ2n) is 5.67. The van der Waals surface area contributed by atoms with Crippen molar-refractivity contribution in [2.45, 2.75) is 6.42 Å². The van der Waals surface area contributed by atoms with Gasteiger partial charge in [-0.3, -0.25) is 29.5 Å². The lowest BCUT2D eigenvalue weighted by atomic mass is 10.1. The summed E-state index contributed by atoms with van der Waals surface area (Å²) in [5.41, 5.74) is -1.82. The van der Waals surface area contributed by atoms with Gasteiger partial charge in [-0.25, -0.2) is 4.57 Å². The first kappa shape index (κ1) is 26.0. The van der Waals surface area contributed by atoms with Crippen molar-refractivity contribution < 1.29 is 33.5 Å². The summed E-state index contributed by atoms with van der Waals surface area (Å²) in [4.78, 5) is 52.3. The van der Waals surface area contributed by atoms with Gasteiger partial charge in [0.1, 0.15) is 5.69 Å². The molecule has 1 rings (SSSR count). The average molecular weight is 489 g/mol. The Morgan fingerprint density at radius 1 is 1.17 bits per heavy atom. The number of nitro groups is 2. The molecule has 0 saturated carbocycles. The quantitative estimate of drug-likeness (QED) is 0.122. The molecule has 3 N–H and O–H groups in total. The van der Waals surface area contributed by atoms with Gasteiger partial charge in [-0.2, -0.15) is 0 Å². The minimum atomic E-state index is -4.65. The summed E-state index contributed by atoms with van der Waals surface area (Å²) < 4.78 is 14.9. The number of alkyl halides is 2. The van der Waals surface area contributed by atoms with E-state index in [1.54, 1.807) is 0 Å². The maximum absolute atomic E-state index is 12.6. The summed E-state index contributed by atoms with van der Waals surface area (Å²) in [6, 6.07) is 1.65. The zero-order valence-electron chi connectivity index (χ0n) is 15.4. The van der Waals surface area contributed by atoms with Crippen LogP contribution in [0.2, 0.25) is 0 Å². The van der Waals surface area contributed by atoms with Crippen LogP contribution in [-0.2, 0) is 9.09 Å². The molecule has 0 spiro atoms. The lowest BCUT2D eigenvalue weighted by molar-refractivity contribution is -0.393. The Morgan fingerprint density at radius 2 is 1.77 bits per heavy atom. The van der Waals surface area contributed by atoms with Crippen molar-refractivity contribution in [2.24, 2.45) is 0 Å². The highest BCUT2D eigenvalue weighted by Gasteiger charge is 2.30. The normalized spacial score (nSPS) is 11.2. The summed E-state index contributed by atoms with van der Waals surface area (Å²) in [7, 11) is -4.65. The van der Waals surface area contributed by atoms with Crippen molar-refractivity contribution in [1.82, 2.24) is 5.32 Å². The number of carbonyl (C=O) groups is 1. The minimum absolute atomic E-state index is 0.0102. The van der Waals surface area contributed by atoms with Crippen LogP contribution in [0.4, 0.5) is 17.1 Å². The highest BCUT2D eigenvalue weighted by molar-refractivity contribution is 7.46. The predicted octanol–water partition coefficient (Wildman–Crippen LogP) is 2.02. The summed E-state index contributed by atoms with van der Waals surface area (Å²) in [5, 5.41) is 25.1. The molecule has 1 aromatic carbocycles. The lowest BCUT2D eigenvalue weighted by Gasteiger charge is -2.24. The van der Waals surface area contributed by atoms with E-state index in [0.29, 0.717) is 0 Å². The Labute approximate surface area is 180 Å². The minimum Gasteiger partial charge on any atom is -0.363 e. The number of carbonyl (C=O) groups excluding carboxylic acids is 1. The molecule has 0 heterocycles.